The molecular weight excluding hydrogens is 532 g/mol. The van der Waals surface area contributed by atoms with Crippen LogP contribution in [0.1, 0.15) is 43.4 Å². The molecule has 0 saturated heterocycles. The van der Waals surface area contributed by atoms with E-state index in [0.717, 1.165) is 22.3 Å². The molecule has 1 aliphatic rings. The molecule has 0 spiro atoms. The second kappa shape index (κ2) is 10.7. The number of rotatable bonds is 6. The maximum atomic E-state index is 12.9. The van der Waals surface area contributed by atoms with E-state index in [0.29, 0.717) is 21.5 Å². The van der Waals surface area contributed by atoms with Gasteiger partial charge in [-0.05, 0) is 54.7 Å². The normalized spacial score (nSPS) is 13.4. The van der Waals surface area contributed by atoms with Crippen LogP contribution >= 0.6 is 11.6 Å². The van der Waals surface area contributed by atoms with Gasteiger partial charge in [0.25, 0.3) is 0 Å². The lowest BCUT2D eigenvalue weighted by molar-refractivity contribution is -0.139. The summed E-state index contributed by atoms with van der Waals surface area (Å²) in [7, 11) is 0. The number of nitrogens with zero attached hydrogens (tertiary/aromatic N) is 1. The van der Waals surface area contributed by atoms with Crippen molar-refractivity contribution in [2.75, 3.05) is 6.61 Å². The Balaban J connectivity index is 1.33. The summed E-state index contributed by atoms with van der Waals surface area (Å²) in [5, 5.41) is 13.3. The number of carboxylic acid groups (broad SMARTS) is 1. The summed E-state index contributed by atoms with van der Waals surface area (Å²) >= 11 is 6.41. The van der Waals surface area contributed by atoms with E-state index in [4.69, 9.17) is 21.1 Å². The number of carbonyl (C=O) groups excluding carboxylic acids is 2. The molecule has 3 aromatic carbocycles. The van der Waals surface area contributed by atoms with Crippen LogP contribution < -0.4 is 5.32 Å². The van der Waals surface area contributed by atoms with Gasteiger partial charge in [0.05, 0.1) is 10.5 Å². The highest BCUT2D eigenvalue weighted by Crippen LogP contribution is 2.44. The fourth-order valence-electron chi connectivity index (χ4n) is 5.13. The summed E-state index contributed by atoms with van der Waals surface area (Å²) in [4.78, 5) is 37.9. The van der Waals surface area contributed by atoms with Crippen LogP contribution in [0.2, 0.25) is 5.02 Å². The summed E-state index contributed by atoms with van der Waals surface area (Å²) in [5.41, 5.74) is 4.46. The van der Waals surface area contributed by atoms with Gasteiger partial charge in [-0.2, -0.15) is 0 Å². The van der Waals surface area contributed by atoms with Crippen molar-refractivity contribution in [2.45, 2.75) is 44.8 Å². The molecule has 5 rings (SSSR count). The van der Waals surface area contributed by atoms with Crippen LogP contribution in [0.25, 0.3) is 22.0 Å². The van der Waals surface area contributed by atoms with E-state index in [2.05, 4.69) is 5.32 Å². The summed E-state index contributed by atoms with van der Waals surface area (Å²) in [5.74, 6) is -1.40. The molecule has 40 heavy (non-hydrogen) atoms. The second-order valence-corrected chi connectivity index (χ2v) is 11.1. The van der Waals surface area contributed by atoms with Crippen LogP contribution in [0.4, 0.5) is 9.59 Å². The molecule has 0 unspecified atom stereocenters. The Labute approximate surface area is 236 Å². The fraction of sp³-hybridized carbons (Fsp3) is 0.258. The summed E-state index contributed by atoms with van der Waals surface area (Å²) in [6, 6.07) is 19.7. The van der Waals surface area contributed by atoms with Crippen LogP contribution in [0.5, 0.6) is 0 Å². The monoisotopic (exact) mass is 560 g/mol. The highest BCUT2D eigenvalue weighted by atomic mass is 35.5. The van der Waals surface area contributed by atoms with Gasteiger partial charge >= 0.3 is 18.2 Å². The average Bonchev–Trinajstić information content (AvgIpc) is 3.43. The van der Waals surface area contributed by atoms with E-state index in [1.54, 1.807) is 39.0 Å². The first-order chi connectivity index (χ1) is 19.0. The lowest BCUT2D eigenvalue weighted by Gasteiger charge is -2.20. The number of halogens is 1. The Bertz CT molecular complexity index is 1570. The fourth-order valence-corrected chi connectivity index (χ4v) is 5.39. The van der Waals surface area contributed by atoms with Crippen molar-refractivity contribution in [1.82, 2.24) is 9.88 Å². The first-order valence-electron chi connectivity index (χ1n) is 12.9. The lowest BCUT2D eigenvalue weighted by Crippen LogP contribution is -2.42. The van der Waals surface area contributed by atoms with Crippen molar-refractivity contribution >= 4 is 40.7 Å². The molecule has 4 aromatic rings. The molecule has 1 heterocycles. The first-order valence-corrected chi connectivity index (χ1v) is 13.3. The predicted molar refractivity (Wildman–Crippen MR) is 152 cm³/mol. The highest BCUT2D eigenvalue weighted by Gasteiger charge is 2.30. The number of hydrogen-bond donors (Lipinski definition) is 2. The number of para-hydroxylation sites is 1. The quantitative estimate of drug-likeness (QED) is 0.275. The zero-order valence-electron chi connectivity index (χ0n) is 22.3. The Morgan fingerprint density at radius 3 is 2.20 bits per heavy atom. The Morgan fingerprint density at radius 1 is 0.975 bits per heavy atom. The minimum absolute atomic E-state index is 0.0553. The van der Waals surface area contributed by atoms with Crippen molar-refractivity contribution in [2.24, 2.45) is 0 Å². The van der Waals surface area contributed by atoms with Crippen molar-refractivity contribution in [1.29, 1.82) is 0 Å². The Morgan fingerprint density at radius 2 is 1.60 bits per heavy atom. The van der Waals surface area contributed by atoms with E-state index in [1.165, 1.54) is 10.8 Å². The van der Waals surface area contributed by atoms with Gasteiger partial charge in [-0.15, -0.1) is 0 Å². The largest absolute Gasteiger partial charge is 0.480 e. The number of aromatic nitrogens is 1. The molecule has 0 aliphatic heterocycles. The predicted octanol–water partition coefficient (Wildman–Crippen LogP) is 6.61. The Kier molecular flexibility index (Phi) is 7.29. The van der Waals surface area contributed by atoms with Gasteiger partial charge < -0.3 is 19.9 Å². The number of nitrogens with one attached hydrogen (secondary N) is 1. The van der Waals surface area contributed by atoms with Gasteiger partial charge in [0, 0.05) is 23.9 Å². The van der Waals surface area contributed by atoms with Gasteiger partial charge in [0.15, 0.2) is 0 Å². The number of ether oxygens (including phenoxy) is 2. The zero-order chi connectivity index (χ0) is 28.6. The van der Waals surface area contributed by atoms with Crippen LogP contribution in [0, 0.1) is 0 Å². The smallest absolute Gasteiger partial charge is 0.419 e. The van der Waals surface area contributed by atoms with E-state index in [-0.39, 0.29) is 18.9 Å². The molecule has 1 atom stereocenters. The van der Waals surface area contributed by atoms with Crippen molar-refractivity contribution in [3.05, 3.63) is 94.6 Å². The number of hydrogen-bond acceptors (Lipinski definition) is 5. The van der Waals surface area contributed by atoms with E-state index in [1.807, 2.05) is 48.5 Å². The van der Waals surface area contributed by atoms with Crippen LogP contribution in [0.3, 0.4) is 0 Å². The van der Waals surface area contributed by atoms with Crippen molar-refractivity contribution in [3.8, 4) is 11.1 Å². The van der Waals surface area contributed by atoms with Gasteiger partial charge in [-0.3, -0.25) is 4.57 Å². The van der Waals surface area contributed by atoms with Gasteiger partial charge in [0.2, 0.25) is 0 Å². The van der Waals surface area contributed by atoms with E-state index < -0.39 is 29.8 Å². The standard InChI is InChI=1S/C31H29ClN2O6/c1-31(2,3)40-30(38)34-16-18(19-13-8-14-25(32)27(19)34)15-26(28(35)36)33-29(37)39-17-24-22-11-6-4-9-20(22)21-10-5-7-12-23(21)24/h4-14,16,24,26H,15,17H2,1-3H3,(H,33,37)(H,35,36)/t26-/m1/s1. The summed E-state index contributed by atoms with van der Waals surface area (Å²) < 4.78 is 12.3. The van der Waals surface area contributed by atoms with Crippen LogP contribution in [0.15, 0.2) is 72.9 Å². The zero-order valence-corrected chi connectivity index (χ0v) is 23.1. The molecule has 1 aromatic heterocycles. The van der Waals surface area contributed by atoms with E-state index in [9.17, 15) is 19.5 Å². The maximum Gasteiger partial charge on any atom is 0.419 e. The first kappa shape index (κ1) is 27.3. The second-order valence-electron chi connectivity index (χ2n) is 10.7. The maximum absolute atomic E-state index is 12.9. The van der Waals surface area contributed by atoms with Crippen molar-refractivity contribution < 1.29 is 29.0 Å². The number of alkyl carbamates (subject to hydrolysis) is 1. The molecule has 0 saturated carbocycles. The van der Waals surface area contributed by atoms with Gasteiger partial charge in [0.1, 0.15) is 18.2 Å². The lowest BCUT2D eigenvalue weighted by atomic mass is 9.98. The SMILES string of the molecule is CC(C)(C)OC(=O)n1cc(C[C@@H](NC(=O)OCC2c3ccccc3-c3ccccc32)C(=O)O)c2cccc(Cl)c21. The molecule has 9 heteroatoms. The number of amides is 1. The van der Waals surface area contributed by atoms with Crippen LogP contribution in [-0.2, 0) is 20.7 Å². The Hall–Kier alpha value is -4.30. The van der Waals surface area contributed by atoms with Gasteiger partial charge in [-0.25, -0.2) is 14.4 Å². The van der Waals surface area contributed by atoms with E-state index >= 15 is 0 Å². The number of benzene rings is 3. The minimum Gasteiger partial charge on any atom is -0.480 e. The molecule has 8 nitrogen and oxygen atoms in total. The molecule has 206 valence electrons. The number of fused-ring (bicyclic) bond motifs is 4. The third-order valence-corrected chi connectivity index (χ3v) is 7.11. The minimum atomic E-state index is -1.31. The molecule has 0 bridgehead atoms. The molecule has 0 radical (unpaired) electrons. The number of aliphatic carboxylic acids is 1. The molecule has 0 fully saturated rings. The average molecular weight is 561 g/mol. The van der Waals surface area contributed by atoms with Gasteiger partial charge in [-0.1, -0.05) is 72.3 Å². The van der Waals surface area contributed by atoms with Crippen LogP contribution in [-0.4, -0.2) is 46.1 Å². The summed E-state index contributed by atoms with van der Waals surface area (Å²) in [6.45, 7) is 5.30. The molecule has 2 N–H and O–H groups in total. The molecule has 1 amide bonds. The molecule has 1 aliphatic carbocycles. The summed E-state index contributed by atoms with van der Waals surface area (Å²) in [6.07, 6.45) is -0.0945. The third kappa shape index (κ3) is 5.40. The van der Waals surface area contributed by atoms with Crippen molar-refractivity contribution in [3.63, 3.8) is 0 Å². The number of carboxylic acids is 1. The topological polar surface area (TPSA) is 107 Å². The molecular formula is C31H29ClN2O6. The highest BCUT2D eigenvalue weighted by molar-refractivity contribution is 6.35. The third-order valence-electron chi connectivity index (χ3n) is 6.81. The number of carbonyl (C=O) groups is 3.